The summed E-state index contributed by atoms with van der Waals surface area (Å²) in [4.78, 5) is 17.0. The summed E-state index contributed by atoms with van der Waals surface area (Å²) in [7, 11) is 1.62. The number of H-pyrrole nitrogens is 1. The third kappa shape index (κ3) is 2.04. The van der Waals surface area contributed by atoms with Crippen LogP contribution in [-0.4, -0.2) is 17.1 Å². The fourth-order valence-electron chi connectivity index (χ4n) is 1.30. The van der Waals surface area contributed by atoms with Crippen molar-refractivity contribution in [3.05, 3.63) is 47.1 Å². The van der Waals surface area contributed by atoms with Crippen molar-refractivity contribution in [3.63, 3.8) is 0 Å². The molecule has 0 unspecified atom stereocenters. The molecule has 1 N–H and O–H groups in total. The summed E-state index contributed by atoms with van der Waals surface area (Å²) in [6.45, 7) is 0. The average molecular weight is 202 g/mol. The molecular weight excluding hydrogens is 192 g/mol. The monoisotopic (exact) mass is 202 g/mol. The lowest BCUT2D eigenvalue weighted by molar-refractivity contribution is 0.415. The minimum absolute atomic E-state index is 0.346. The standard InChI is InChI=1S/C11H10N2O2/c1-15-10-4-2-3-8(5-10)9-6-12-11(14)13-7-9/h2-7H,1H3,(H,12,13,14). The molecule has 15 heavy (non-hydrogen) atoms. The number of aromatic nitrogens is 2. The van der Waals surface area contributed by atoms with Crippen LogP contribution < -0.4 is 10.4 Å². The van der Waals surface area contributed by atoms with Crippen LogP contribution in [0.5, 0.6) is 5.75 Å². The minimum Gasteiger partial charge on any atom is -0.497 e. The van der Waals surface area contributed by atoms with Crippen LogP contribution in [0.15, 0.2) is 41.5 Å². The Hall–Kier alpha value is -2.10. The van der Waals surface area contributed by atoms with E-state index in [1.807, 2.05) is 24.3 Å². The molecule has 0 aliphatic heterocycles. The van der Waals surface area contributed by atoms with E-state index < -0.39 is 0 Å². The first-order valence-electron chi connectivity index (χ1n) is 4.49. The fourth-order valence-corrected chi connectivity index (χ4v) is 1.30. The predicted molar refractivity (Wildman–Crippen MR) is 56.8 cm³/mol. The molecule has 1 aromatic carbocycles. The number of methoxy groups -OCH3 is 1. The Bertz CT molecular complexity index is 499. The highest BCUT2D eigenvalue weighted by molar-refractivity contribution is 5.63. The van der Waals surface area contributed by atoms with Crippen molar-refractivity contribution in [2.45, 2.75) is 0 Å². The second-order valence-electron chi connectivity index (χ2n) is 3.04. The number of nitrogens with zero attached hydrogens (tertiary/aromatic N) is 1. The zero-order valence-corrected chi connectivity index (χ0v) is 8.23. The first-order chi connectivity index (χ1) is 7.29. The van der Waals surface area contributed by atoms with Gasteiger partial charge in [-0.15, -0.1) is 0 Å². The van der Waals surface area contributed by atoms with E-state index in [9.17, 15) is 4.79 Å². The van der Waals surface area contributed by atoms with Crippen LogP contribution in [0.1, 0.15) is 0 Å². The molecule has 0 fully saturated rings. The molecule has 76 valence electrons. The summed E-state index contributed by atoms with van der Waals surface area (Å²) in [5, 5.41) is 0. The van der Waals surface area contributed by atoms with Gasteiger partial charge in [0.25, 0.3) is 0 Å². The smallest absolute Gasteiger partial charge is 0.344 e. The molecule has 0 saturated heterocycles. The van der Waals surface area contributed by atoms with Crippen LogP contribution in [0.25, 0.3) is 11.1 Å². The number of hydrogen-bond acceptors (Lipinski definition) is 3. The molecule has 0 bridgehead atoms. The second kappa shape index (κ2) is 3.96. The van der Waals surface area contributed by atoms with Crippen LogP contribution in [-0.2, 0) is 0 Å². The van der Waals surface area contributed by atoms with E-state index >= 15 is 0 Å². The molecule has 1 heterocycles. The highest BCUT2D eigenvalue weighted by atomic mass is 16.5. The lowest BCUT2D eigenvalue weighted by Crippen LogP contribution is -2.07. The van der Waals surface area contributed by atoms with E-state index in [1.54, 1.807) is 13.3 Å². The zero-order valence-electron chi connectivity index (χ0n) is 8.23. The largest absolute Gasteiger partial charge is 0.497 e. The van der Waals surface area contributed by atoms with E-state index in [2.05, 4.69) is 9.97 Å². The molecular formula is C11H10N2O2. The van der Waals surface area contributed by atoms with E-state index in [0.29, 0.717) is 0 Å². The van der Waals surface area contributed by atoms with E-state index in [4.69, 9.17) is 4.74 Å². The molecule has 4 nitrogen and oxygen atoms in total. The van der Waals surface area contributed by atoms with Crippen molar-refractivity contribution < 1.29 is 4.74 Å². The van der Waals surface area contributed by atoms with Crippen molar-refractivity contribution in [1.82, 2.24) is 9.97 Å². The fraction of sp³-hybridized carbons (Fsp3) is 0.0909. The molecule has 1 aromatic heterocycles. The van der Waals surface area contributed by atoms with Crippen LogP contribution in [0.4, 0.5) is 0 Å². The maximum atomic E-state index is 10.8. The van der Waals surface area contributed by atoms with Gasteiger partial charge in [-0.3, -0.25) is 0 Å². The highest BCUT2D eigenvalue weighted by Gasteiger charge is 1.99. The summed E-state index contributed by atoms with van der Waals surface area (Å²) < 4.78 is 5.11. The second-order valence-corrected chi connectivity index (χ2v) is 3.04. The molecule has 0 atom stereocenters. The van der Waals surface area contributed by atoms with E-state index in [1.165, 1.54) is 6.20 Å². The molecule has 2 rings (SSSR count). The van der Waals surface area contributed by atoms with Crippen molar-refractivity contribution in [2.24, 2.45) is 0 Å². The number of ether oxygens (including phenoxy) is 1. The highest BCUT2D eigenvalue weighted by Crippen LogP contribution is 2.21. The minimum atomic E-state index is -0.346. The topological polar surface area (TPSA) is 55.0 Å². The Morgan fingerprint density at radius 1 is 1.33 bits per heavy atom. The first kappa shape index (κ1) is 9.45. The summed E-state index contributed by atoms with van der Waals surface area (Å²) in [6, 6.07) is 7.56. The molecule has 2 aromatic rings. The number of nitrogens with one attached hydrogen (secondary N) is 1. The maximum absolute atomic E-state index is 10.8. The van der Waals surface area contributed by atoms with Crippen LogP contribution in [0.3, 0.4) is 0 Å². The van der Waals surface area contributed by atoms with Crippen molar-refractivity contribution in [3.8, 4) is 16.9 Å². The Morgan fingerprint density at radius 2 is 2.20 bits per heavy atom. The van der Waals surface area contributed by atoms with Crippen LogP contribution in [0, 0.1) is 0 Å². The Labute approximate surface area is 86.6 Å². The molecule has 4 heteroatoms. The zero-order chi connectivity index (χ0) is 10.7. The van der Waals surface area contributed by atoms with Gasteiger partial charge in [0.1, 0.15) is 5.75 Å². The van der Waals surface area contributed by atoms with E-state index in [-0.39, 0.29) is 5.69 Å². The Balaban J connectivity index is 2.44. The average Bonchev–Trinajstić information content (AvgIpc) is 2.30. The van der Waals surface area contributed by atoms with Gasteiger partial charge in [0.2, 0.25) is 0 Å². The number of hydrogen-bond donors (Lipinski definition) is 1. The van der Waals surface area contributed by atoms with Crippen LogP contribution >= 0.6 is 0 Å². The Morgan fingerprint density at radius 3 is 2.87 bits per heavy atom. The van der Waals surface area contributed by atoms with Gasteiger partial charge < -0.3 is 9.72 Å². The lowest BCUT2D eigenvalue weighted by atomic mass is 10.1. The lowest BCUT2D eigenvalue weighted by Gasteiger charge is -2.03. The van der Waals surface area contributed by atoms with Crippen LogP contribution in [0.2, 0.25) is 0 Å². The van der Waals surface area contributed by atoms with Gasteiger partial charge in [-0.05, 0) is 17.7 Å². The molecule has 0 aliphatic rings. The van der Waals surface area contributed by atoms with Gasteiger partial charge in [0.15, 0.2) is 0 Å². The number of aromatic amines is 1. The van der Waals surface area contributed by atoms with Crippen molar-refractivity contribution >= 4 is 0 Å². The number of benzene rings is 1. The van der Waals surface area contributed by atoms with Gasteiger partial charge in [0, 0.05) is 18.0 Å². The molecule has 0 spiro atoms. The summed E-state index contributed by atoms with van der Waals surface area (Å²) in [6.07, 6.45) is 3.16. The summed E-state index contributed by atoms with van der Waals surface area (Å²) in [5.41, 5.74) is 1.47. The quantitative estimate of drug-likeness (QED) is 0.801. The Kier molecular flexibility index (Phi) is 2.49. The first-order valence-corrected chi connectivity index (χ1v) is 4.49. The van der Waals surface area contributed by atoms with Crippen molar-refractivity contribution in [2.75, 3.05) is 7.11 Å². The van der Waals surface area contributed by atoms with Gasteiger partial charge >= 0.3 is 5.69 Å². The van der Waals surface area contributed by atoms with E-state index in [0.717, 1.165) is 16.9 Å². The predicted octanol–water partition coefficient (Wildman–Crippen LogP) is 1.45. The van der Waals surface area contributed by atoms with Gasteiger partial charge in [-0.1, -0.05) is 12.1 Å². The molecule has 0 aliphatic carbocycles. The molecule has 0 radical (unpaired) electrons. The maximum Gasteiger partial charge on any atom is 0.344 e. The SMILES string of the molecule is COc1cccc(-c2cnc(=O)[nH]c2)c1. The molecule has 0 amide bonds. The third-order valence-corrected chi connectivity index (χ3v) is 2.08. The van der Waals surface area contributed by atoms with Gasteiger partial charge in [0.05, 0.1) is 7.11 Å². The normalized spacial score (nSPS) is 9.93. The van der Waals surface area contributed by atoms with Gasteiger partial charge in [-0.25, -0.2) is 9.78 Å². The summed E-state index contributed by atoms with van der Waals surface area (Å²) >= 11 is 0. The third-order valence-electron chi connectivity index (χ3n) is 2.08. The molecule has 0 saturated carbocycles. The van der Waals surface area contributed by atoms with Gasteiger partial charge in [-0.2, -0.15) is 0 Å². The van der Waals surface area contributed by atoms with Crippen molar-refractivity contribution in [1.29, 1.82) is 0 Å². The number of rotatable bonds is 2. The summed E-state index contributed by atoms with van der Waals surface area (Å²) in [5.74, 6) is 0.777.